The van der Waals surface area contributed by atoms with E-state index in [9.17, 15) is 4.79 Å². The van der Waals surface area contributed by atoms with E-state index in [1.165, 1.54) is 0 Å². The van der Waals surface area contributed by atoms with Gasteiger partial charge in [0.2, 0.25) is 0 Å². The van der Waals surface area contributed by atoms with E-state index >= 15 is 0 Å². The first-order valence-corrected chi connectivity index (χ1v) is 7.29. The van der Waals surface area contributed by atoms with E-state index in [1.807, 2.05) is 26.2 Å². The maximum absolute atomic E-state index is 12.3. The Bertz CT molecular complexity index is 605. The van der Waals surface area contributed by atoms with Gasteiger partial charge in [-0.1, -0.05) is 11.6 Å². The van der Waals surface area contributed by atoms with Gasteiger partial charge in [-0.3, -0.25) is 9.89 Å². The predicted octanol–water partition coefficient (Wildman–Crippen LogP) is 3.65. The number of amides is 1. The van der Waals surface area contributed by atoms with Gasteiger partial charge >= 0.3 is 0 Å². The van der Waals surface area contributed by atoms with Crippen molar-refractivity contribution >= 4 is 35.0 Å². The highest BCUT2D eigenvalue weighted by Gasteiger charge is 2.15. The van der Waals surface area contributed by atoms with Crippen LogP contribution in [0.2, 0.25) is 5.02 Å². The molecular formula is C13H14ClN3OS. The summed E-state index contributed by atoms with van der Waals surface area (Å²) in [5.41, 5.74) is 2.75. The van der Waals surface area contributed by atoms with Gasteiger partial charge in [0.05, 0.1) is 27.7 Å². The van der Waals surface area contributed by atoms with Crippen LogP contribution in [0.4, 0.5) is 5.69 Å². The molecule has 100 valence electrons. The maximum Gasteiger partial charge on any atom is 0.257 e. The first kappa shape index (κ1) is 14.0. The topological polar surface area (TPSA) is 57.8 Å². The van der Waals surface area contributed by atoms with Crippen molar-refractivity contribution in [2.75, 3.05) is 11.6 Å². The molecule has 6 heteroatoms. The third kappa shape index (κ3) is 2.93. The Morgan fingerprint density at radius 3 is 2.74 bits per heavy atom. The lowest BCUT2D eigenvalue weighted by Crippen LogP contribution is -2.13. The normalized spacial score (nSPS) is 10.5. The van der Waals surface area contributed by atoms with Crippen molar-refractivity contribution in [3.05, 3.63) is 40.2 Å². The van der Waals surface area contributed by atoms with E-state index in [1.54, 1.807) is 23.9 Å². The van der Waals surface area contributed by atoms with Gasteiger partial charge in [0.25, 0.3) is 5.91 Å². The third-order valence-corrected chi connectivity index (χ3v) is 3.84. The van der Waals surface area contributed by atoms with E-state index < -0.39 is 0 Å². The fraction of sp³-hybridized carbons (Fsp3) is 0.231. The largest absolute Gasteiger partial charge is 0.319 e. The zero-order valence-corrected chi connectivity index (χ0v) is 12.4. The van der Waals surface area contributed by atoms with Crippen LogP contribution in [-0.2, 0) is 0 Å². The van der Waals surface area contributed by atoms with Crippen LogP contribution in [0.1, 0.15) is 21.7 Å². The van der Waals surface area contributed by atoms with Crippen molar-refractivity contribution in [1.82, 2.24) is 10.2 Å². The van der Waals surface area contributed by atoms with Gasteiger partial charge in [0.15, 0.2) is 0 Å². The number of hydrogen-bond acceptors (Lipinski definition) is 3. The number of aromatic nitrogens is 2. The number of carbonyl (C=O) groups is 1. The molecule has 0 unspecified atom stereocenters. The van der Waals surface area contributed by atoms with Crippen molar-refractivity contribution in [2.24, 2.45) is 0 Å². The molecule has 0 saturated heterocycles. The van der Waals surface area contributed by atoms with Gasteiger partial charge in [-0.15, -0.1) is 11.8 Å². The minimum absolute atomic E-state index is 0.228. The molecule has 0 radical (unpaired) electrons. The van der Waals surface area contributed by atoms with Crippen molar-refractivity contribution in [3.63, 3.8) is 0 Å². The summed E-state index contributed by atoms with van der Waals surface area (Å²) in [5.74, 6) is -0.228. The fourth-order valence-electron chi connectivity index (χ4n) is 1.72. The number of hydrogen-bond donors (Lipinski definition) is 2. The highest BCUT2D eigenvalue weighted by molar-refractivity contribution is 7.98. The number of nitrogens with one attached hydrogen (secondary N) is 2. The Morgan fingerprint density at radius 1 is 1.42 bits per heavy atom. The van der Waals surface area contributed by atoms with Gasteiger partial charge in [0.1, 0.15) is 0 Å². The van der Waals surface area contributed by atoms with Gasteiger partial charge in [-0.25, -0.2) is 0 Å². The quantitative estimate of drug-likeness (QED) is 0.850. The molecule has 0 aliphatic heterocycles. The lowest BCUT2D eigenvalue weighted by molar-refractivity contribution is 0.102. The second-order valence-corrected chi connectivity index (χ2v) is 5.40. The van der Waals surface area contributed by atoms with Crippen LogP contribution < -0.4 is 5.32 Å². The molecule has 0 spiro atoms. The number of carbonyl (C=O) groups excluding carboxylic acids is 1. The molecule has 2 rings (SSSR count). The number of H-pyrrole nitrogens is 1. The molecule has 0 saturated carbocycles. The summed E-state index contributed by atoms with van der Waals surface area (Å²) in [4.78, 5) is 13.3. The van der Waals surface area contributed by atoms with Gasteiger partial charge in [-0.05, 0) is 38.3 Å². The van der Waals surface area contributed by atoms with Crippen LogP contribution in [0.25, 0.3) is 0 Å². The molecule has 4 nitrogen and oxygen atoms in total. The SMILES string of the molecule is CSc1ccc(Cl)c(C(=O)Nc2c(C)n[nH]c2C)c1. The lowest BCUT2D eigenvalue weighted by Gasteiger charge is -2.08. The van der Waals surface area contributed by atoms with Crippen molar-refractivity contribution in [3.8, 4) is 0 Å². The van der Waals surface area contributed by atoms with Crippen LogP contribution in [-0.4, -0.2) is 22.4 Å². The number of aromatic amines is 1. The number of halogens is 1. The predicted molar refractivity (Wildman–Crippen MR) is 79.2 cm³/mol. The molecule has 0 atom stereocenters. The molecule has 0 fully saturated rings. The van der Waals surface area contributed by atoms with Gasteiger partial charge in [0, 0.05) is 4.90 Å². The highest BCUT2D eigenvalue weighted by atomic mass is 35.5. The zero-order chi connectivity index (χ0) is 14.0. The summed E-state index contributed by atoms with van der Waals surface area (Å²) in [5, 5.41) is 10.2. The standard InChI is InChI=1S/C13H14ClN3OS/c1-7-12(8(2)17-16-7)15-13(18)10-6-9(19-3)4-5-11(10)14/h4-6H,1-3H3,(H,15,18)(H,16,17). The average molecular weight is 296 g/mol. The number of rotatable bonds is 3. The summed E-state index contributed by atoms with van der Waals surface area (Å²) in [6.45, 7) is 3.69. The minimum atomic E-state index is -0.228. The lowest BCUT2D eigenvalue weighted by atomic mass is 10.2. The maximum atomic E-state index is 12.3. The summed E-state index contributed by atoms with van der Waals surface area (Å²) in [7, 11) is 0. The van der Waals surface area contributed by atoms with Crippen molar-refractivity contribution < 1.29 is 4.79 Å². The number of thioether (sulfide) groups is 1. The average Bonchev–Trinajstić information content (AvgIpc) is 2.71. The Labute approximate surface area is 120 Å². The van der Waals surface area contributed by atoms with Crippen LogP contribution in [0.5, 0.6) is 0 Å². The van der Waals surface area contributed by atoms with E-state index in [0.717, 1.165) is 16.3 Å². The van der Waals surface area contributed by atoms with Crippen LogP contribution in [0.15, 0.2) is 23.1 Å². The van der Waals surface area contributed by atoms with Crippen LogP contribution in [0.3, 0.4) is 0 Å². The summed E-state index contributed by atoms with van der Waals surface area (Å²) in [6.07, 6.45) is 1.95. The number of nitrogens with zero attached hydrogens (tertiary/aromatic N) is 1. The van der Waals surface area contributed by atoms with Crippen LogP contribution >= 0.6 is 23.4 Å². The first-order valence-electron chi connectivity index (χ1n) is 5.69. The highest BCUT2D eigenvalue weighted by Crippen LogP contribution is 2.25. The molecule has 19 heavy (non-hydrogen) atoms. The molecule has 2 aromatic rings. The third-order valence-electron chi connectivity index (χ3n) is 2.78. The Balaban J connectivity index is 2.30. The Kier molecular flexibility index (Phi) is 4.17. The summed E-state index contributed by atoms with van der Waals surface area (Å²) < 4.78 is 0. The molecule has 0 bridgehead atoms. The second kappa shape index (κ2) is 5.67. The van der Waals surface area contributed by atoms with Gasteiger partial charge in [-0.2, -0.15) is 5.10 Å². The van der Waals surface area contributed by atoms with E-state index in [0.29, 0.717) is 16.3 Å². The first-order chi connectivity index (χ1) is 9.02. The molecule has 1 aromatic carbocycles. The molecule has 0 aliphatic rings. The van der Waals surface area contributed by atoms with Crippen molar-refractivity contribution in [2.45, 2.75) is 18.7 Å². The summed E-state index contributed by atoms with van der Waals surface area (Å²) in [6, 6.07) is 5.41. The fourth-order valence-corrected chi connectivity index (χ4v) is 2.36. The van der Waals surface area contributed by atoms with Crippen molar-refractivity contribution in [1.29, 1.82) is 0 Å². The molecule has 1 heterocycles. The Hall–Kier alpha value is -1.46. The van der Waals surface area contributed by atoms with E-state index in [2.05, 4.69) is 15.5 Å². The van der Waals surface area contributed by atoms with Gasteiger partial charge < -0.3 is 5.32 Å². The van der Waals surface area contributed by atoms with Crippen LogP contribution in [0, 0.1) is 13.8 Å². The molecular weight excluding hydrogens is 282 g/mol. The number of aryl methyl sites for hydroxylation is 2. The minimum Gasteiger partial charge on any atom is -0.319 e. The zero-order valence-electron chi connectivity index (χ0n) is 10.9. The summed E-state index contributed by atoms with van der Waals surface area (Å²) >= 11 is 7.64. The number of benzene rings is 1. The molecule has 0 aliphatic carbocycles. The Morgan fingerprint density at radius 2 is 2.16 bits per heavy atom. The monoisotopic (exact) mass is 295 g/mol. The van der Waals surface area contributed by atoms with E-state index in [4.69, 9.17) is 11.6 Å². The van der Waals surface area contributed by atoms with E-state index in [-0.39, 0.29) is 5.91 Å². The molecule has 2 N–H and O–H groups in total. The number of anilines is 1. The molecule has 1 amide bonds. The smallest absolute Gasteiger partial charge is 0.257 e. The molecule has 1 aromatic heterocycles. The second-order valence-electron chi connectivity index (χ2n) is 4.11.